The minimum Gasteiger partial charge on any atom is -0.492 e. The molecule has 0 aliphatic rings. The standard InChI is InChI=1S/C21H19Cl2N5O2S/c1-28-19(7-4-10-30-17-9-8-13(22)11-15(17)23)26-27-21(28)31-12-18-24-16-6-3-2-5-14(16)20(29)25-18/h2-3,5-6,8-9,11H,4,7,10,12H2,1H3,(H,24,25,29). The highest BCUT2D eigenvalue weighted by Gasteiger charge is 2.11. The third kappa shape index (κ3) is 5.20. The van der Waals surface area contributed by atoms with Gasteiger partial charge in [0.15, 0.2) is 5.16 Å². The van der Waals surface area contributed by atoms with Crippen LogP contribution in [-0.2, 0) is 19.2 Å². The van der Waals surface area contributed by atoms with Crippen molar-refractivity contribution in [3.8, 4) is 5.75 Å². The number of rotatable bonds is 8. The Morgan fingerprint density at radius 3 is 2.84 bits per heavy atom. The van der Waals surface area contributed by atoms with Gasteiger partial charge in [0.05, 0.1) is 28.3 Å². The Bertz CT molecular complexity index is 1270. The topological polar surface area (TPSA) is 85.7 Å². The summed E-state index contributed by atoms with van der Waals surface area (Å²) in [5.74, 6) is 2.56. The molecule has 10 heteroatoms. The highest BCUT2D eigenvalue weighted by Crippen LogP contribution is 2.27. The van der Waals surface area contributed by atoms with Gasteiger partial charge in [0.2, 0.25) is 0 Å². The molecule has 2 heterocycles. The zero-order chi connectivity index (χ0) is 21.8. The molecule has 0 fully saturated rings. The second kappa shape index (κ2) is 9.72. The Morgan fingerprint density at radius 1 is 1.16 bits per heavy atom. The van der Waals surface area contributed by atoms with Crippen LogP contribution < -0.4 is 10.3 Å². The molecule has 0 saturated carbocycles. The molecule has 160 valence electrons. The van der Waals surface area contributed by atoms with E-state index in [0.29, 0.717) is 51.3 Å². The van der Waals surface area contributed by atoms with Crippen LogP contribution in [0.1, 0.15) is 18.1 Å². The number of thioether (sulfide) groups is 1. The smallest absolute Gasteiger partial charge is 0.258 e. The van der Waals surface area contributed by atoms with E-state index in [2.05, 4.69) is 20.2 Å². The minimum absolute atomic E-state index is 0.138. The van der Waals surface area contributed by atoms with Crippen LogP contribution in [0.15, 0.2) is 52.4 Å². The van der Waals surface area contributed by atoms with Crippen molar-refractivity contribution in [3.05, 3.63) is 74.5 Å². The van der Waals surface area contributed by atoms with Crippen LogP contribution in [0.2, 0.25) is 10.0 Å². The first-order chi connectivity index (χ1) is 15.0. The summed E-state index contributed by atoms with van der Waals surface area (Å²) >= 11 is 13.5. The zero-order valence-corrected chi connectivity index (χ0v) is 19.0. The second-order valence-corrected chi connectivity index (χ2v) is 8.59. The molecule has 0 atom stereocenters. The van der Waals surface area contributed by atoms with Crippen LogP contribution in [0, 0.1) is 0 Å². The highest BCUT2D eigenvalue weighted by molar-refractivity contribution is 7.98. The summed E-state index contributed by atoms with van der Waals surface area (Å²) in [6, 6.07) is 12.4. The molecular weight excluding hydrogens is 457 g/mol. The van der Waals surface area contributed by atoms with Crippen molar-refractivity contribution in [1.29, 1.82) is 0 Å². The maximum atomic E-state index is 12.2. The van der Waals surface area contributed by atoms with E-state index < -0.39 is 0 Å². The Kier molecular flexibility index (Phi) is 6.80. The highest BCUT2D eigenvalue weighted by atomic mass is 35.5. The molecule has 0 aliphatic carbocycles. The van der Waals surface area contributed by atoms with Crippen LogP contribution in [0.4, 0.5) is 0 Å². The Labute approximate surface area is 192 Å². The first kappa shape index (κ1) is 21.7. The van der Waals surface area contributed by atoms with Gasteiger partial charge in [0.25, 0.3) is 5.56 Å². The molecule has 1 N–H and O–H groups in total. The lowest BCUT2D eigenvalue weighted by molar-refractivity contribution is 0.309. The molecule has 0 spiro atoms. The van der Waals surface area contributed by atoms with E-state index in [1.807, 2.05) is 29.8 Å². The molecule has 0 unspecified atom stereocenters. The number of H-pyrrole nitrogens is 1. The second-order valence-electron chi connectivity index (χ2n) is 6.80. The Morgan fingerprint density at radius 2 is 2.00 bits per heavy atom. The summed E-state index contributed by atoms with van der Waals surface area (Å²) in [5.41, 5.74) is 0.543. The van der Waals surface area contributed by atoms with Gasteiger partial charge in [-0.2, -0.15) is 0 Å². The van der Waals surface area contributed by atoms with Crippen LogP contribution in [0.3, 0.4) is 0 Å². The molecule has 31 heavy (non-hydrogen) atoms. The predicted octanol–water partition coefficient (Wildman–Crippen LogP) is 4.66. The maximum Gasteiger partial charge on any atom is 0.258 e. The lowest BCUT2D eigenvalue weighted by Crippen LogP contribution is -2.11. The number of aromatic amines is 1. The van der Waals surface area contributed by atoms with Crippen LogP contribution >= 0.6 is 35.0 Å². The molecule has 0 saturated heterocycles. The summed E-state index contributed by atoms with van der Waals surface area (Å²) in [7, 11) is 1.92. The number of aromatic nitrogens is 5. The van der Waals surface area contributed by atoms with E-state index in [4.69, 9.17) is 27.9 Å². The van der Waals surface area contributed by atoms with E-state index in [-0.39, 0.29) is 5.56 Å². The lowest BCUT2D eigenvalue weighted by Gasteiger charge is -2.08. The summed E-state index contributed by atoms with van der Waals surface area (Å²) in [6.07, 6.45) is 1.47. The van der Waals surface area contributed by atoms with E-state index in [9.17, 15) is 4.79 Å². The summed E-state index contributed by atoms with van der Waals surface area (Å²) < 4.78 is 7.66. The van der Waals surface area contributed by atoms with Crippen LogP contribution in [-0.4, -0.2) is 31.3 Å². The normalized spacial score (nSPS) is 11.2. The SMILES string of the molecule is Cn1c(CCCOc2ccc(Cl)cc2Cl)nnc1SCc1nc2ccccc2c(=O)[nH]1. The van der Waals surface area contributed by atoms with Crippen molar-refractivity contribution in [2.45, 2.75) is 23.8 Å². The van der Waals surface area contributed by atoms with Gasteiger partial charge in [-0.15, -0.1) is 10.2 Å². The van der Waals surface area contributed by atoms with Crippen molar-refractivity contribution in [2.24, 2.45) is 7.05 Å². The van der Waals surface area contributed by atoms with Gasteiger partial charge in [-0.1, -0.05) is 47.1 Å². The average molecular weight is 476 g/mol. The molecular formula is C21H19Cl2N5O2S. The zero-order valence-electron chi connectivity index (χ0n) is 16.6. The Hall–Kier alpha value is -2.55. The van der Waals surface area contributed by atoms with Crippen molar-refractivity contribution in [1.82, 2.24) is 24.7 Å². The Balaban J connectivity index is 1.32. The number of fused-ring (bicyclic) bond motifs is 1. The number of nitrogens with zero attached hydrogens (tertiary/aromatic N) is 4. The van der Waals surface area contributed by atoms with Crippen molar-refractivity contribution < 1.29 is 4.74 Å². The summed E-state index contributed by atoms with van der Waals surface area (Å²) in [6.45, 7) is 0.499. The number of benzene rings is 2. The molecule has 0 radical (unpaired) electrons. The van der Waals surface area contributed by atoms with Gasteiger partial charge < -0.3 is 14.3 Å². The van der Waals surface area contributed by atoms with Crippen LogP contribution in [0.5, 0.6) is 5.75 Å². The molecule has 4 rings (SSSR count). The summed E-state index contributed by atoms with van der Waals surface area (Å²) in [4.78, 5) is 19.6. The quantitative estimate of drug-likeness (QED) is 0.294. The maximum absolute atomic E-state index is 12.2. The number of halogens is 2. The van der Waals surface area contributed by atoms with Crippen molar-refractivity contribution in [2.75, 3.05) is 6.61 Å². The summed E-state index contributed by atoms with van der Waals surface area (Å²) in [5, 5.41) is 10.9. The molecule has 0 aliphatic heterocycles. The third-order valence-corrected chi connectivity index (χ3v) is 6.18. The average Bonchev–Trinajstić information content (AvgIpc) is 3.10. The van der Waals surface area contributed by atoms with Gasteiger partial charge in [0.1, 0.15) is 17.4 Å². The van der Waals surface area contributed by atoms with Crippen molar-refractivity contribution >= 4 is 45.9 Å². The first-order valence-corrected chi connectivity index (χ1v) is 11.3. The number of hydrogen-bond donors (Lipinski definition) is 1. The fourth-order valence-electron chi connectivity index (χ4n) is 3.03. The predicted molar refractivity (Wildman–Crippen MR) is 123 cm³/mol. The molecule has 0 amide bonds. The monoisotopic (exact) mass is 475 g/mol. The third-order valence-electron chi connectivity index (χ3n) is 4.62. The van der Waals surface area contributed by atoms with Gasteiger partial charge in [-0.05, 0) is 36.8 Å². The van der Waals surface area contributed by atoms with Crippen LogP contribution in [0.25, 0.3) is 10.9 Å². The van der Waals surface area contributed by atoms with E-state index in [0.717, 1.165) is 17.4 Å². The first-order valence-electron chi connectivity index (χ1n) is 9.58. The minimum atomic E-state index is -0.138. The van der Waals surface area contributed by atoms with E-state index in [1.165, 1.54) is 11.8 Å². The van der Waals surface area contributed by atoms with Gasteiger partial charge >= 0.3 is 0 Å². The molecule has 7 nitrogen and oxygen atoms in total. The fraction of sp³-hybridized carbons (Fsp3) is 0.238. The number of nitrogens with one attached hydrogen (secondary N) is 1. The largest absolute Gasteiger partial charge is 0.492 e. The number of hydrogen-bond acceptors (Lipinski definition) is 6. The lowest BCUT2D eigenvalue weighted by atomic mass is 10.2. The molecule has 4 aromatic rings. The molecule has 2 aromatic carbocycles. The number of ether oxygens (including phenoxy) is 1. The van der Waals surface area contributed by atoms with E-state index in [1.54, 1.807) is 24.3 Å². The van der Waals surface area contributed by atoms with E-state index >= 15 is 0 Å². The van der Waals surface area contributed by atoms with Gasteiger partial charge in [0, 0.05) is 18.5 Å². The number of aryl methyl sites for hydroxylation is 1. The van der Waals surface area contributed by atoms with Gasteiger partial charge in [-0.25, -0.2) is 4.98 Å². The van der Waals surface area contributed by atoms with Crippen molar-refractivity contribution in [3.63, 3.8) is 0 Å². The van der Waals surface area contributed by atoms with Gasteiger partial charge in [-0.3, -0.25) is 4.79 Å². The number of para-hydroxylation sites is 1. The molecule has 0 bridgehead atoms. The fourth-order valence-corrected chi connectivity index (χ4v) is 4.29. The molecule has 2 aromatic heterocycles.